The third-order valence-electron chi connectivity index (χ3n) is 3.06. The molecular weight excluding hydrogens is 254 g/mol. The molecule has 2 rings (SSSR count). The van der Waals surface area contributed by atoms with Gasteiger partial charge in [-0.25, -0.2) is 4.98 Å². The summed E-state index contributed by atoms with van der Waals surface area (Å²) < 4.78 is 10.5. The van der Waals surface area contributed by atoms with Crippen LogP contribution in [0.5, 0.6) is 11.5 Å². The van der Waals surface area contributed by atoms with Gasteiger partial charge >= 0.3 is 0 Å². The van der Waals surface area contributed by atoms with Crippen LogP contribution < -0.4 is 20.5 Å². The average Bonchev–Trinajstić information content (AvgIpc) is 2.46. The van der Waals surface area contributed by atoms with Crippen LogP contribution in [0.25, 0.3) is 0 Å². The summed E-state index contributed by atoms with van der Waals surface area (Å²) in [5.74, 6) is 2.16. The van der Waals surface area contributed by atoms with E-state index < -0.39 is 0 Å². The van der Waals surface area contributed by atoms with Crippen LogP contribution >= 0.6 is 0 Å². The zero-order chi connectivity index (χ0) is 14.5. The highest BCUT2D eigenvalue weighted by atomic mass is 16.5. The standard InChI is InChI=1S/C15H19N3O2/c1-10(18-15-9-12(16)6-7-17-15)11-4-5-13(19-2)14(8-11)20-3/h4-10H,1-3H3,(H3,16,17,18). The zero-order valence-corrected chi connectivity index (χ0v) is 11.9. The van der Waals surface area contributed by atoms with Crippen LogP contribution in [0.4, 0.5) is 11.5 Å². The lowest BCUT2D eigenvalue weighted by atomic mass is 10.1. The molecule has 0 radical (unpaired) electrons. The first-order valence-electron chi connectivity index (χ1n) is 6.34. The normalized spacial score (nSPS) is 11.8. The molecule has 1 heterocycles. The molecule has 0 amide bonds. The summed E-state index contributed by atoms with van der Waals surface area (Å²) in [6.07, 6.45) is 1.68. The van der Waals surface area contributed by atoms with Crippen molar-refractivity contribution in [2.24, 2.45) is 0 Å². The second-order valence-electron chi connectivity index (χ2n) is 4.45. The molecule has 2 aromatic rings. The molecule has 20 heavy (non-hydrogen) atoms. The van der Waals surface area contributed by atoms with E-state index in [-0.39, 0.29) is 6.04 Å². The summed E-state index contributed by atoms with van der Waals surface area (Å²) in [5, 5.41) is 3.30. The lowest BCUT2D eigenvalue weighted by molar-refractivity contribution is 0.354. The Labute approximate surface area is 118 Å². The fraction of sp³-hybridized carbons (Fsp3) is 0.267. The molecule has 0 aliphatic carbocycles. The van der Waals surface area contributed by atoms with Crippen molar-refractivity contribution < 1.29 is 9.47 Å². The van der Waals surface area contributed by atoms with Crippen molar-refractivity contribution in [1.82, 2.24) is 4.98 Å². The van der Waals surface area contributed by atoms with Crippen molar-refractivity contribution in [3.05, 3.63) is 42.1 Å². The van der Waals surface area contributed by atoms with Crippen molar-refractivity contribution in [1.29, 1.82) is 0 Å². The van der Waals surface area contributed by atoms with Gasteiger partial charge in [-0.2, -0.15) is 0 Å². The van der Waals surface area contributed by atoms with Crippen LogP contribution in [0.3, 0.4) is 0 Å². The van der Waals surface area contributed by atoms with E-state index in [4.69, 9.17) is 15.2 Å². The Kier molecular flexibility index (Phi) is 4.30. The Balaban J connectivity index is 2.18. The maximum Gasteiger partial charge on any atom is 0.161 e. The number of methoxy groups -OCH3 is 2. The van der Waals surface area contributed by atoms with Gasteiger partial charge in [-0.05, 0) is 30.7 Å². The van der Waals surface area contributed by atoms with Gasteiger partial charge in [0.1, 0.15) is 5.82 Å². The van der Waals surface area contributed by atoms with Crippen LogP contribution in [-0.2, 0) is 0 Å². The highest BCUT2D eigenvalue weighted by molar-refractivity contribution is 5.50. The Morgan fingerprint density at radius 1 is 1.10 bits per heavy atom. The van der Waals surface area contributed by atoms with E-state index in [9.17, 15) is 0 Å². The van der Waals surface area contributed by atoms with Crippen molar-refractivity contribution in [2.45, 2.75) is 13.0 Å². The molecule has 1 aromatic carbocycles. The second kappa shape index (κ2) is 6.14. The van der Waals surface area contributed by atoms with E-state index >= 15 is 0 Å². The molecular formula is C15H19N3O2. The lowest BCUT2D eigenvalue weighted by Gasteiger charge is -2.17. The molecule has 1 atom stereocenters. The van der Waals surface area contributed by atoms with Gasteiger partial charge in [-0.15, -0.1) is 0 Å². The predicted molar refractivity (Wildman–Crippen MR) is 80.2 cm³/mol. The molecule has 0 saturated heterocycles. The monoisotopic (exact) mass is 273 g/mol. The van der Waals surface area contributed by atoms with Gasteiger partial charge in [0.15, 0.2) is 11.5 Å². The van der Waals surface area contributed by atoms with Gasteiger partial charge in [0.2, 0.25) is 0 Å². The summed E-state index contributed by atoms with van der Waals surface area (Å²) in [6.45, 7) is 2.05. The van der Waals surface area contributed by atoms with Crippen LogP contribution in [0, 0.1) is 0 Å². The van der Waals surface area contributed by atoms with E-state index in [0.29, 0.717) is 17.2 Å². The van der Waals surface area contributed by atoms with E-state index in [0.717, 1.165) is 11.4 Å². The largest absolute Gasteiger partial charge is 0.493 e. The number of nitrogens with two attached hydrogens (primary N) is 1. The molecule has 0 aliphatic heterocycles. The molecule has 0 fully saturated rings. The number of anilines is 2. The maximum absolute atomic E-state index is 5.74. The highest BCUT2D eigenvalue weighted by Gasteiger charge is 2.10. The van der Waals surface area contributed by atoms with E-state index in [1.54, 1.807) is 32.5 Å². The first kappa shape index (κ1) is 14.0. The van der Waals surface area contributed by atoms with Gasteiger partial charge < -0.3 is 20.5 Å². The smallest absolute Gasteiger partial charge is 0.161 e. The maximum atomic E-state index is 5.74. The van der Waals surface area contributed by atoms with Crippen LogP contribution in [-0.4, -0.2) is 19.2 Å². The molecule has 106 valence electrons. The number of aromatic nitrogens is 1. The number of hydrogen-bond acceptors (Lipinski definition) is 5. The number of nitrogens with zero attached hydrogens (tertiary/aromatic N) is 1. The van der Waals surface area contributed by atoms with E-state index in [2.05, 4.69) is 10.3 Å². The lowest BCUT2D eigenvalue weighted by Crippen LogP contribution is -2.08. The Morgan fingerprint density at radius 3 is 2.50 bits per heavy atom. The molecule has 5 nitrogen and oxygen atoms in total. The van der Waals surface area contributed by atoms with Gasteiger partial charge in [-0.1, -0.05) is 6.07 Å². The minimum atomic E-state index is 0.0732. The zero-order valence-electron chi connectivity index (χ0n) is 11.9. The SMILES string of the molecule is COc1ccc(C(C)Nc2cc(N)ccn2)cc1OC. The summed E-state index contributed by atoms with van der Waals surface area (Å²) >= 11 is 0. The fourth-order valence-corrected chi connectivity index (χ4v) is 1.95. The number of benzene rings is 1. The number of nitrogens with one attached hydrogen (secondary N) is 1. The molecule has 0 saturated carbocycles. The van der Waals surface area contributed by atoms with Gasteiger partial charge in [-0.3, -0.25) is 0 Å². The van der Waals surface area contributed by atoms with Crippen LogP contribution in [0.15, 0.2) is 36.5 Å². The molecule has 1 unspecified atom stereocenters. The summed E-state index contributed by atoms with van der Waals surface area (Å²) in [5.41, 5.74) is 7.50. The number of hydrogen-bond donors (Lipinski definition) is 2. The third-order valence-corrected chi connectivity index (χ3v) is 3.06. The first-order chi connectivity index (χ1) is 9.63. The first-order valence-corrected chi connectivity index (χ1v) is 6.34. The molecule has 0 aliphatic rings. The number of nitrogen functional groups attached to an aromatic ring is 1. The van der Waals surface area contributed by atoms with Crippen LogP contribution in [0.1, 0.15) is 18.5 Å². The third kappa shape index (κ3) is 3.12. The minimum Gasteiger partial charge on any atom is -0.493 e. The van der Waals surface area contributed by atoms with Gasteiger partial charge in [0.05, 0.1) is 20.3 Å². The van der Waals surface area contributed by atoms with Crippen molar-refractivity contribution in [2.75, 3.05) is 25.3 Å². The molecule has 1 aromatic heterocycles. The molecule has 0 spiro atoms. The van der Waals surface area contributed by atoms with Crippen molar-refractivity contribution in [3.8, 4) is 11.5 Å². The van der Waals surface area contributed by atoms with Crippen LogP contribution in [0.2, 0.25) is 0 Å². The Morgan fingerprint density at radius 2 is 1.85 bits per heavy atom. The Hall–Kier alpha value is -2.43. The Bertz CT molecular complexity index is 587. The molecule has 3 N–H and O–H groups in total. The topological polar surface area (TPSA) is 69.4 Å². The second-order valence-corrected chi connectivity index (χ2v) is 4.45. The number of rotatable bonds is 5. The minimum absolute atomic E-state index is 0.0732. The molecule has 5 heteroatoms. The van der Waals surface area contributed by atoms with Gasteiger partial charge in [0.25, 0.3) is 0 Å². The number of ether oxygens (including phenoxy) is 2. The number of pyridine rings is 1. The quantitative estimate of drug-likeness (QED) is 0.876. The highest BCUT2D eigenvalue weighted by Crippen LogP contribution is 2.30. The van der Waals surface area contributed by atoms with Crippen molar-refractivity contribution >= 4 is 11.5 Å². The average molecular weight is 273 g/mol. The summed E-state index contributed by atoms with van der Waals surface area (Å²) in [6, 6.07) is 9.46. The van der Waals surface area contributed by atoms with E-state index in [1.807, 2.05) is 25.1 Å². The summed E-state index contributed by atoms with van der Waals surface area (Å²) in [4.78, 5) is 4.23. The van der Waals surface area contributed by atoms with E-state index in [1.165, 1.54) is 0 Å². The predicted octanol–water partition coefficient (Wildman–Crippen LogP) is 2.85. The van der Waals surface area contributed by atoms with Crippen molar-refractivity contribution in [3.63, 3.8) is 0 Å². The van der Waals surface area contributed by atoms with Gasteiger partial charge in [0, 0.05) is 18.0 Å². The molecule has 0 bridgehead atoms. The fourth-order valence-electron chi connectivity index (χ4n) is 1.95. The summed E-state index contributed by atoms with van der Waals surface area (Å²) in [7, 11) is 3.25.